The van der Waals surface area contributed by atoms with Crippen LogP contribution in [-0.2, 0) is 10.8 Å². The molecule has 0 amide bonds. The lowest BCUT2D eigenvalue weighted by Crippen LogP contribution is -2.17. The molecule has 0 saturated heterocycles. The second-order valence-electron chi connectivity index (χ2n) is 14.0. The zero-order chi connectivity index (χ0) is 31.9. The molecule has 1 heterocycles. The highest BCUT2D eigenvalue weighted by atomic mass is 79.9. The highest BCUT2D eigenvalue weighted by Crippen LogP contribution is 2.61. The fourth-order valence-electron chi connectivity index (χ4n) is 8.65. The Labute approximate surface area is 292 Å². The number of aromatic nitrogens is 1. The summed E-state index contributed by atoms with van der Waals surface area (Å²) < 4.78 is 4.56. The number of rotatable bonds is 5. The molecule has 2 unspecified atom stereocenters. The minimum Gasteiger partial charge on any atom is -0.310 e. The lowest BCUT2D eigenvalue weighted by Gasteiger charge is -2.29. The van der Waals surface area contributed by atoms with E-state index in [1.54, 1.807) is 11.1 Å². The smallest absolute Gasteiger partial charge is 0.0541 e. The average Bonchev–Trinajstić information content (AvgIpc) is 3.68. The molecule has 1 aromatic heterocycles. The molecule has 6 aromatic carbocycles. The fourth-order valence-corrected chi connectivity index (χ4v) is 9.18. The molecule has 0 spiro atoms. The van der Waals surface area contributed by atoms with E-state index in [0.717, 1.165) is 31.7 Å². The Kier molecular flexibility index (Phi) is 6.61. The van der Waals surface area contributed by atoms with Crippen molar-refractivity contribution in [1.29, 1.82) is 0 Å². The number of nitrogens with zero attached hydrogens (tertiary/aromatic N) is 2. The van der Waals surface area contributed by atoms with Gasteiger partial charge in [-0.15, -0.1) is 0 Å². The monoisotopic (exact) mass is 736 g/mol. The van der Waals surface area contributed by atoms with E-state index in [2.05, 4.69) is 189 Å². The van der Waals surface area contributed by atoms with E-state index >= 15 is 0 Å². The summed E-state index contributed by atoms with van der Waals surface area (Å²) >= 11 is 7.32. The molecule has 4 heteroatoms. The molecule has 47 heavy (non-hydrogen) atoms. The molecule has 2 aliphatic rings. The first kappa shape index (κ1) is 29.1. The Hall–Kier alpha value is -4.12. The second-order valence-corrected chi connectivity index (χ2v) is 15.8. The van der Waals surface area contributed by atoms with Gasteiger partial charge in [0.15, 0.2) is 0 Å². The standard InChI is InChI=1S/C43H34Br2N2/c1-42-21-22-43(2,27-42)39-25-28(11-20-38(39)42)29-23-34(46(32-16-12-30(44)13-17-32)33-18-14-31(45)15-19-33)26-35(24-29)47-40-9-5-3-7-36(40)37-8-4-6-10-41(37)47/h3-20,23-26H,21-22,27H2,1-2H3. The van der Waals surface area contributed by atoms with Gasteiger partial charge in [-0.2, -0.15) is 0 Å². The Balaban J connectivity index is 1.33. The van der Waals surface area contributed by atoms with Crippen LogP contribution in [0.5, 0.6) is 0 Å². The highest BCUT2D eigenvalue weighted by Gasteiger charge is 2.52. The van der Waals surface area contributed by atoms with Gasteiger partial charge in [-0.3, -0.25) is 0 Å². The van der Waals surface area contributed by atoms with Crippen LogP contribution in [0.25, 0.3) is 38.6 Å². The Morgan fingerprint density at radius 3 is 1.68 bits per heavy atom. The maximum Gasteiger partial charge on any atom is 0.0541 e. The van der Waals surface area contributed by atoms with Crippen molar-refractivity contribution in [1.82, 2.24) is 4.57 Å². The van der Waals surface area contributed by atoms with Crippen molar-refractivity contribution in [2.75, 3.05) is 4.90 Å². The summed E-state index contributed by atoms with van der Waals surface area (Å²) in [5.74, 6) is 0. The van der Waals surface area contributed by atoms with E-state index in [1.807, 2.05) is 0 Å². The normalized spacial score (nSPS) is 19.8. The average molecular weight is 739 g/mol. The van der Waals surface area contributed by atoms with Crippen LogP contribution in [0.4, 0.5) is 17.1 Å². The minimum atomic E-state index is 0.258. The van der Waals surface area contributed by atoms with Gasteiger partial charge in [0.1, 0.15) is 0 Å². The quantitative estimate of drug-likeness (QED) is 0.171. The van der Waals surface area contributed by atoms with E-state index in [1.165, 1.54) is 52.2 Å². The van der Waals surface area contributed by atoms with E-state index in [9.17, 15) is 0 Å². The Morgan fingerprint density at radius 2 is 1.09 bits per heavy atom. The van der Waals surface area contributed by atoms with Gasteiger partial charge in [0.25, 0.3) is 0 Å². The largest absolute Gasteiger partial charge is 0.310 e. The zero-order valence-electron chi connectivity index (χ0n) is 26.5. The molecule has 0 aliphatic heterocycles. The van der Waals surface area contributed by atoms with Crippen LogP contribution in [0.1, 0.15) is 44.2 Å². The van der Waals surface area contributed by atoms with Gasteiger partial charge in [0.05, 0.1) is 11.0 Å². The summed E-state index contributed by atoms with van der Waals surface area (Å²) in [5, 5.41) is 2.53. The third-order valence-electron chi connectivity index (χ3n) is 10.8. The predicted octanol–water partition coefficient (Wildman–Crippen LogP) is 13.2. The van der Waals surface area contributed by atoms with Crippen molar-refractivity contribution >= 4 is 70.7 Å². The number of para-hydroxylation sites is 2. The number of fused-ring (bicyclic) bond motifs is 8. The summed E-state index contributed by atoms with van der Waals surface area (Å²) in [6.45, 7) is 4.95. The summed E-state index contributed by atoms with van der Waals surface area (Å²) in [7, 11) is 0. The van der Waals surface area contributed by atoms with Crippen molar-refractivity contribution in [2.24, 2.45) is 0 Å². The molecule has 2 atom stereocenters. The summed E-state index contributed by atoms with van der Waals surface area (Å²) in [5.41, 5.74) is 13.1. The van der Waals surface area contributed by atoms with Gasteiger partial charge in [-0.25, -0.2) is 0 Å². The van der Waals surface area contributed by atoms with Crippen molar-refractivity contribution < 1.29 is 0 Å². The third kappa shape index (κ3) is 4.63. The van der Waals surface area contributed by atoms with Crippen molar-refractivity contribution in [3.63, 3.8) is 0 Å². The van der Waals surface area contributed by atoms with Gasteiger partial charge in [-0.1, -0.05) is 100 Å². The molecule has 0 N–H and O–H groups in total. The molecule has 7 aromatic rings. The van der Waals surface area contributed by atoms with E-state index < -0.39 is 0 Å². The summed E-state index contributed by atoms with van der Waals surface area (Å²) in [4.78, 5) is 2.37. The fraction of sp³-hybridized carbons (Fsp3) is 0.163. The first-order valence-electron chi connectivity index (χ1n) is 16.4. The molecular weight excluding hydrogens is 704 g/mol. The van der Waals surface area contributed by atoms with Crippen molar-refractivity contribution in [2.45, 2.75) is 43.9 Å². The van der Waals surface area contributed by atoms with Crippen LogP contribution < -0.4 is 4.90 Å². The van der Waals surface area contributed by atoms with E-state index in [0.29, 0.717) is 5.41 Å². The molecule has 2 nitrogen and oxygen atoms in total. The van der Waals surface area contributed by atoms with Gasteiger partial charge in [0.2, 0.25) is 0 Å². The molecular formula is C43H34Br2N2. The van der Waals surface area contributed by atoms with Crippen LogP contribution in [0, 0.1) is 0 Å². The Morgan fingerprint density at radius 1 is 0.532 bits per heavy atom. The molecule has 1 saturated carbocycles. The molecule has 2 bridgehead atoms. The van der Waals surface area contributed by atoms with E-state index in [4.69, 9.17) is 0 Å². The highest BCUT2D eigenvalue weighted by molar-refractivity contribution is 9.10. The summed E-state index contributed by atoms with van der Waals surface area (Å²) in [6.07, 6.45) is 3.82. The molecule has 230 valence electrons. The van der Waals surface area contributed by atoms with Crippen LogP contribution in [0.15, 0.2) is 142 Å². The molecule has 2 aliphatic carbocycles. The van der Waals surface area contributed by atoms with Crippen molar-refractivity contribution in [3.05, 3.63) is 154 Å². The summed E-state index contributed by atoms with van der Waals surface area (Å²) in [6, 6.07) is 49.2. The van der Waals surface area contributed by atoms with Gasteiger partial charge >= 0.3 is 0 Å². The SMILES string of the molecule is CC12CCC(C)(C1)c1cc(-c3cc(N(c4ccc(Br)cc4)c4ccc(Br)cc4)cc(-n4c5ccccc5c5ccccc54)c3)ccc12. The lowest BCUT2D eigenvalue weighted by molar-refractivity contribution is 0.484. The van der Waals surface area contributed by atoms with Crippen LogP contribution in [0.2, 0.25) is 0 Å². The first-order chi connectivity index (χ1) is 22.8. The number of halogens is 2. The minimum absolute atomic E-state index is 0.258. The van der Waals surface area contributed by atoms with Gasteiger partial charge in [0, 0.05) is 42.5 Å². The topological polar surface area (TPSA) is 8.17 Å². The second kappa shape index (κ2) is 10.7. The first-order valence-corrected chi connectivity index (χ1v) is 18.0. The van der Waals surface area contributed by atoms with Gasteiger partial charge in [-0.05, 0) is 131 Å². The molecule has 9 rings (SSSR count). The van der Waals surface area contributed by atoms with Crippen LogP contribution >= 0.6 is 31.9 Å². The molecule has 0 radical (unpaired) electrons. The number of benzene rings is 6. The number of hydrogen-bond donors (Lipinski definition) is 0. The Bertz CT molecular complexity index is 2240. The third-order valence-corrected chi connectivity index (χ3v) is 11.9. The maximum absolute atomic E-state index is 3.66. The van der Waals surface area contributed by atoms with Crippen LogP contribution in [-0.4, -0.2) is 4.57 Å². The van der Waals surface area contributed by atoms with Crippen LogP contribution in [0.3, 0.4) is 0 Å². The lowest BCUT2D eigenvalue weighted by atomic mass is 9.77. The predicted molar refractivity (Wildman–Crippen MR) is 205 cm³/mol. The van der Waals surface area contributed by atoms with Gasteiger partial charge < -0.3 is 9.47 Å². The number of anilines is 3. The zero-order valence-corrected chi connectivity index (χ0v) is 29.6. The maximum atomic E-state index is 3.66. The van der Waals surface area contributed by atoms with E-state index in [-0.39, 0.29) is 5.41 Å². The molecule has 1 fully saturated rings. The number of hydrogen-bond acceptors (Lipinski definition) is 1. The van der Waals surface area contributed by atoms with Crippen molar-refractivity contribution in [3.8, 4) is 16.8 Å².